The number of carbonyl (C=O) groups is 1. The van der Waals surface area contributed by atoms with Crippen LogP contribution in [0.5, 0.6) is 0 Å². The number of benzene rings is 4. The van der Waals surface area contributed by atoms with Crippen molar-refractivity contribution in [1.29, 1.82) is 0 Å². The summed E-state index contributed by atoms with van der Waals surface area (Å²) in [5, 5.41) is 2.95. The van der Waals surface area contributed by atoms with Gasteiger partial charge in [-0.2, -0.15) is 0 Å². The van der Waals surface area contributed by atoms with Gasteiger partial charge in [0.1, 0.15) is 28.5 Å². The quantitative estimate of drug-likeness (QED) is 0.222. The van der Waals surface area contributed by atoms with Gasteiger partial charge in [0, 0.05) is 42.2 Å². The lowest BCUT2D eigenvalue weighted by Gasteiger charge is -2.21. The molecule has 0 bridgehead atoms. The van der Waals surface area contributed by atoms with Crippen molar-refractivity contribution in [2.45, 2.75) is 6.92 Å². The first-order valence-electron chi connectivity index (χ1n) is 13.1. The SMILES string of the molecule is CNC(=O)c1c(-c2ccc(F)cc2)oc2cc(N(C)S(C)(=O)=O)c(-c3cc(F)cc(-c4nc5cccc(C)c5o4)c3)cc12. The van der Waals surface area contributed by atoms with E-state index in [4.69, 9.17) is 8.83 Å². The number of halogens is 2. The van der Waals surface area contributed by atoms with Crippen molar-refractivity contribution in [2.24, 2.45) is 0 Å². The van der Waals surface area contributed by atoms with E-state index >= 15 is 4.39 Å². The van der Waals surface area contributed by atoms with Gasteiger partial charge >= 0.3 is 0 Å². The highest BCUT2D eigenvalue weighted by molar-refractivity contribution is 7.92. The standard InChI is InChI=1S/C32H25F2N3O5S/c1-17-6-5-7-25-29(17)42-32(36-25)20-12-19(13-22(34)14-20)23-15-24-27(16-26(23)37(3)43(4,39)40)41-30(28(24)31(38)35-2)18-8-10-21(33)11-9-18/h5-16H,1-4H3,(H,35,38). The predicted octanol–water partition coefficient (Wildman–Crippen LogP) is 6.92. The van der Waals surface area contributed by atoms with E-state index in [9.17, 15) is 17.6 Å². The first-order chi connectivity index (χ1) is 20.4. The molecule has 0 radical (unpaired) electrons. The van der Waals surface area contributed by atoms with Crippen LogP contribution in [0.1, 0.15) is 15.9 Å². The van der Waals surface area contributed by atoms with Gasteiger partial charge in [0.2, 0.25) is 15.9 Å². The zero-order valence-electron chi connectivity index (χ0n) is 23.5. The monoisotopic (exact) mass is 601 g/mol. The van der Waals surface area contributed by atoms with Gasteiger partial charge in [-0.15, -0.1) is 0 Å². The summed E-state index contributed by atoms with van der Waals surface area (Å²) in [5.41, 5.74) is 4.00. The van der Waals surface area contributed by atoms with Crippen molar-refractivity contribution in [3.8, 4) is 33.9 Å². The molecule has 0 unspecified atom stereocenters. The normalized spacial score (nSPS) is 11.8. The van der Waals surface area contributed by atoms with Crippen LogP contribution in [0.3, 0.4) is 0 Å². The maximum Gasteiger partial charge on any atom is 0.255 e. The lowest BCUT2D eigenvalue weighted by atomic mass is 9.97. The van der Waals surface area contributed by atoms with Crippen molar-refractivity contribution in [1.82, 2.24) is 10.3 Å². The number of rotatable bonds is 6. The molecular weight excluding hydrogens is 576 g/mol. The number of anilines is 1. The molecule has 0 aliphatic heterocycles. The third-order valence-corrected chi connectivity index (χ3v) is 8.46. The van der Waals surface area contributed by atoms with E-state index in [0.29, 0.717) is 38.7 Å². The molecule has 0 saturated carbocycles. The van der Waals surface area contributed by atoms with Crippen LogP contribution < -0.4 is 9.62 Å². The number of para-hydroxylation sites is 1. The smallest absolute Gasteiger partial charge is 0.255 e. The molecule has 4 aromatic carbocycles. The summed E-state index contributed by atoms with van der Waals surface area (Å²) < 4.78 is 67.5. The lowest BCUT2D eigenvalue weighted by molar-refractivity contribution is 0.0964. The van der Waals surface area contributed by atoms with Crippen LogP contribution in [-0.4, -0.2) is 39.7 Å². The van der Waals surface area contributed by atoms with Gasteiger partial charge in [-0.25, -0.2) is 22.2 Å². The lowest BCUT2D eigenvalue weighted by Crippen LogP contribution is -2.25. The molecule has 2 heterocycles. The second-order valence-electron chi connectivity index (χ2n) is 10.2. The number of carbonyl (C=O) groups excluding carboxylic acids is 1. The van der Waals surface area contributed by atoms with Crippen LogP contribution >= 0.6 is 0 Å². The van der Waals surface area contributed by atoms with Crippen LogP contribution in [0.2, 0.25) is 0 Å². The maximum atomic E-state index is 15.2. The summed E-state index contributed by atoms with van der Waals surface area (Å²) in [6.07, 6.45) is 1.04. The Morgan fingerprint density at radius 3 is 2.30 bits per heavy atom. The number of hydrogen-bond acceptors (Lipinski definition) is 6. The molecule has 0 saturated heterocycles. The number of aromatic nitrogens is 1. The van der Waals surface area contributed by atoms with Gasteiger partial charge in [0.05, 0.1) is 17.5 Å². The number of fused-ring (bicyclic) bond motifs is 2. The highest BCUT2D eigenvalue weighted by Crippen LogP contribution is 2.42. The fraction of sp³-hybridized carbons (Fsp3) is 0.125. The van der Waals surface area contributed by atoms with Gasteiger partial charge in [-0.3, -0.25) is 9.10 Å². The topological polar surface area (TPSA) is 106 Å². The van der Waals surface area contributed by atoms with Crippen molar-refractivity contribution in [3.63, 3.8) is 0 Å². The average molecular weight is 602 g/mol. The molecule has 0 aliphatic rings. The van der Waals surface area contributed by atoms with E-state index in [2.05, 4.69) is 10.3 Å². The van der Waals surface area contributed by atoms with Gasteiger partial charge < -0.3 is 14.2 Å². The maximum absolute atomic E-state index is 15.2. The van der Waals surface area contributed by atoms with Crippen molar-refractivity contribution < 1.29 is 30.8 Å². The van der Waals surface area contributed by atoms with E-state index in [-0.39, 0.29) is 28.5 Å². The molecule has 2 aromatic heterocycles. The Hall–Kier alpha value is -5.03. The zero-order valence-corrected chi connectivity index (χ0v) is 24.3. The van der Waals surface area contributed by atoms with E-state index < -0.39 is 27.6 Å². The summed E-state index contributed by atoms with van der Waals surface area (Å²) in [4.78, 5) is 17.7. The molecule has 1 N–H and O–H groups in total. The third kappa shape index (κ3) is 5.01. The number of nitrogens with zero attached hydrogens (tertiary/aromatic N) is 2. The fourth-order valence-electron chi connectivity index (χ4n) is 5.04. The Morgan fingerprint density at radius 2 is 1.63 bits per heavy atom. The van der Waals surface area contributed by atoms with Crippen molar-refractivity contribution >= 4 is 43.7 Å². The van der Waals surface area contributed by atoms with E-state index in [1.807, 2.05) is 19.1 Å². The molecule has 0 fully saturated rings. The summed E-state index contributed by atoms with van der Waals surface area (Å²) in [6, 6.07) is 18.2. The Bertz CT molecular complexity index is 2170. The summed E-state index contributed by atoms with van der Waals surface area (Å²) >= 11 is 0. The number of sulfonamides is 1. The Morgan fingerprint density at radius 1 is 0.907 bits per heavy atom. The first-order valence-corrected chi connectivity index (χ1v) is 15.0. The number of oxazole rings is 1. The second kappa shape index (κ2) is 10.4. The van der Waals surface area contributed by atoms with Crippen LogP contribution in [-0.2, 0) is 10.0 Å². The molecule has 218 valence electrons. The van der Waals surface area contributed by atoms with Crippen LogP contribution in [0.25, 0.3) is 56.0 Å². The largest absolute Gasteiger partial charge is 0.455 e. The van der Waals surface area contributed by atoms with Crippen molar-refractivity contribution in [3.05, 3.63) is 95.6 Å². The molecule has 6 aromatic rings. The Kier molecular flexibility index (Phi) is 6.77. The molecule has 11 heteroatoms. The van der Waals surface area contributed by atoms with Gasteiger partial charge in [-0.1, -0.05) is 12.1 Å². The number of hydrogen-bond donors (Lipinski definition) is 1. The average Bonchev–Trinajstić information content (AvgIpc) is 3.58. The van der Waals surface area contributed by atoms with Crippen molar-refractivity contribution in [2.75, 3.05) is 24.7 Å². The molecule has 0 atom stereocenters. The first kappa shape index (κ1) is 28.1. The molecule has 43 heavy (non-hydrogen) atoms. The van der Waals surface area contributed by atoms with E-state index in [1.165, 1.54) is 56.6 Å². The van der Waals surface area contributed by atoms with E-state index in [0.717, 1.165) is 16.1 Å². The molecule has 0 aliphatic carbocycles. The number of aryl methyl sites for hydroxylation is 1. The molecular formula is C32H25F2N3O5S. The highest BCUT2D eigenvalue weighted by Gasteiger charge is 2.26. The number of nitrogens with one attached hydrogen (secondary N) is 1. The minimum atomic E-state index is -3.78. The van der Waals surface area contributed by atoms with Gasteiger partial charge in [-0.05, 0) is 72.6 Å². The van der Waals surface area contributed by atoms with E-state index in [1.54, 1.807) is 18.2 Å². The Labute approximate surface area is 245 Å². The second-order valence-corrected chi connectivity index (χ2v) is 12.2. The number of amides is 1. The van der Waals surface area contributed by atoms with Crippen LogP contribution in [0.4, 0.5) is 14.5 Å². The summed E-state index contributed by atoms with van der Waals surface area (Å²) in [5.74, 6) is -1.18. The van der Waals surface area contributed by atoms with Gasteiger partial charge in [0.15, 0.2) is 5.58 Å². The van der Waals surface area contributed by atoms with Crippen LogP contribution in [0.15, 0.2) is 81.6 Å². The zero-order chi connectivity index (χ0) is 30.6. The van der Waals surface area contributed by atoms with Crippen LogP contribution in [0, 0.1) is 18.6 Å². The summed E-state index contributed by atoms with van der Waals surface area (Å²) in [6.45, 7) is 1.88. The fourth-order valence-corrected chi connectivity index (χ4v) is 5.54. The molecule has 0 spiro atoms. The van der Waals surface area contributed by atoms with Gasteiger partial charge in [0.25, 0.3) is 5.91 Å². The molecule has 8 nitrogen and oxygen atoms in total. The third-order valence-electron chi connectivity index (χ3n) is 7.27. The summed E-state index contributed by atoms with van der Waals surface area (Å²) in [7, 11) is -0.955. The molecule has 6 rings (SSSR count). The predicted molar refractivity (Wildman–Crippen MR) is 161 cm³/mol. The minimum absolute atomic E-state index is 0.157. The number of furan rings is 1. The minimum Gasteiger partial charge on any atom is -0.455 e. The Balaban J connectivity index is 1.63. The molecule has 1 amide bonds. The highest BCUT2D eigenvalue weighted by atomic mass is 32.2.